The van der Waals surface area contributed by atoms with Crippen molar-refractivity contribution in [1.82, 2.24) is 0 Å². The number of benzene rings is 1. The van der Waals surface area contributed by atoms with Crippen molar-refractivity contribution < 1.29 is 4.74 Å². The lowest BCUT2D eigenvalue weighted by Crippen LogP contribution is -1.97. The molecular formula is C13H15NO. The third kappa shape index (κ3) is 3.97. The van der Waals surface area contributed by atoms with Crippen molar-refractivity contribution in [2.75, 3.05) is 6.61 Å². The molecule has 0 aliphatic heterocycles. The molecule has 1 aromatic carbocycles. The van der Waals surface area contributed by atoms with E-state index in [-0.39, 0.29) is 0 Å². The van der Waals surface area contributed by atoms with Crippen LogP contribution in [0.1, 0.15) is 19.4 Å². The maximum absolute atomic E-state index is 6.85. The zero-order valence-electron chi connectivity index (χ0n) is 9.16. The zero-order valence-corrected chi connectivity index (χ0v) is 9.16. The van der Waals surface area contributed by atoms with Crippen molar-refractivity contribution in [1.29, 1.82) is 0 Å². The summed E-state index contributed by atoms with van der Waals surface area (Å²) in [6, 6.07) is 10.0. The predicted octanol–water partition coefficient (Wildman–Crippen LogP) is 3.42. The highest BCUT2D eigenvalue weighted by Crippen LogP contribution is 2.07. The van der Waals surface area contributed by atoms with E-state index in [2.05, 4.69) is 4.85 Å². The lowest BCUT2D eigenvalue weighted by molar-refractivity contribution is 0.142. The van der Waals surface area contributed by atoms with Gasteiger partial charge in [-0.25, -0.2) is 4.85 Å². The van der Waals surface area contributed by atoms with Crippen LogP contribution in [-0.2, 0) is 11.3 Å². The van der Waals surface area contributed by atoms with Gasteiger partial charge in [0.25, 0.3) is 0 Å². The molecule has 78 valence electrons. The van der Waals surface area contributed by atoms with Crippen molar-refractivity contribution in [2.24, 2.45) is 0 Å². The van der Waals surface area contributed by atoms with Gasteiger partial charge in [-0.1, -0.05) is 37.3 Å². The molecule has 0 amide bonds. The van der Waals surface area contributed by atoms with Crippen molar-refractivity contribution in [3.8, 4) is 0 Å². The van der Waals surface area contributed by atoms with Gasteiger partial charge in [-0.2, -0.15) is 0 Å². The van der Waals surface area contributed by atoms with E-state index in [4.69, 9.17) is 11.3 Å². The maximum atomic E-state index is 6.85. The molecule has 0 spiro atoms. The van der Waals surface area contributed by atoms with Crippen LogP contribution in [0.2, 0.25) is 0 Å². The van der Waals surface area contributed by atoms with Gasteiger partial charge in [0.05, 0.1) is 19.8 Å². The Balaban J connectivity index is 2.38. The Labute approximate surface area is 91.0 Å². The zero-order chi connectivity index (χ0) is 11.1. The molecule has 0 bridgehead atoms. The first-order valence-electron chi connectivity index (χ1n) is 4.89. The Morgan fingerprint density at radius 1 is 1.27 bits per heavy atom. The lowest BCUT2D eigenvalue weighted by Gasteiger charge is -2.05. The number of hydrogen-bond donors (Lipinski definition) is 0. The highest BCUT2D eigenvalue weighted by Gasteiger charge is 1.97. The third-order valence-electron chi connectivity index (χ3n) is 2.22. The molecule has 2 heteroatoms. The van der Waals surface area contributed by atoms with Crippen LogP contribution in [0.3, 0.4) is 0 Å². The van der Waals surface area contributed by atoms with E-state index in [0.717, 1.165) is 16.8 Å². The van der Waals surface area contributed by atoms with Gasteiger partial charge >= 0.3 is 0 Å². The van der Waals surface area contributed by atoms with Crippen LogP contribution >= 0.6 is 0 Å². The number of nitrogens with zero attached hydrogens (tertiary/aromatic N) is 1. The second-order valence-corrected chi connectivity index (χ2v) is 3.46. The Hall–Kier alpha value is -1.59. The van der Waals surface area contributed by atoms with Crippen molar-refractivity contribution in [2.45, 2.75) is 20.5 Å². The SMILES string of the molecule is [C-]#[N+]/C(C)=C(/C)COCc1ccccc1. The fourth-order valence-electron chi connectivity index (χ4n) is 1.10. The molecule has 0 atom stereocenters. The summed E-state index contributed by atoms with van der Waals surface area (Å²) >= 11 is 0. The monoisotopic (exact) mass is 201 g/mol. The highest BCUT2D eigenvalue weighted by molar-refractivity contribution is 5.16. The van der Waals surface area contributed by atoms with Crippen LogP contribution < -0.4 is 0 Å². The average molecular weight is 201 g/mol. The Morgan fingerprint density at radius 3 is 2.53 bits per heavy atom. The molecule has 0 radical (unpaired) electrons. The van der Waals surface area contributed by atoms with E-state index >= 15 is 0 Å². The van der Waals surface area contributed by atoms with Crippen LogP contribution in [-0.4, -0.2) is 6.61 Å². The second-order valence-electron chi connectivity index (χ2n) is 3.46. The van der Waals surface area contributed by atoms with Crippen molar-refractivity contribution >= 4 is 0 Å². The van der Waals surface area contributed by atoms with Gasteiger partial charge in [-0.05, 0) is 18.1 Å². The molecule has 0 heterocycles. The molecule has 0 N–H and O–H groups in total. The minimum absolute atomic E-state index is 0.531. The summed E-state index contributed by atoms with van der Waals surface area (Å²) in [6.07, 6.45) is 0. The summed E-state index contributed by atoms with van der Waals surface area (Å²) in [5.41, 5.74) is 2.88. The van der Waals surface area contributed by atoms with Gasteiger partial charge in [0.15, 0.2) is 5.70 Å². The normalized spacial score (nSPS) is 11.8. The van der Waals surface area contributed by atoms with Gasteiger partial charge in [-0.3, -0.25) is 0 Å². The summed E-state index contributed by atoms with van der Waals surface area (Å²) in [5, 5.41) is 0. The molecular weight excluding hydrogens is 186 g/mol. The van der Waals surface area contributed by atoms with Gasteiger partial charge < -0.3 is 4.74 Å². The molecule has 1 rings (SSSR count). The molecule has 0 unspecified atom stereocenters. The highest BCUT2D eigenvalue weighted by atomic mass is 16.5. The van der Waals surface area contributed by atoms with Gasteiger partial charge in [0, 0.05) is 0 Å². The molecule has 2 nitrogen and oxygen atoms in total. The van der Waals surface area contributed by atoms with Gasteiger partial charge in [-0.15, -0.1) is 0 Å². The van der Waals surface area contributed by atoms with Crippen LogP contribution in [0.15, 0.2) is 41.6 Å². The smallest absolute Gasteiger partial charge is 0.163 e. The topological polar surface area (TPSA) is 13.6 Å². The maximum Gasteiger partial charge on any atom is 0.163 e. The molecule has 1 aromatic rings. The van der Waals surface area contributed by atoms with E-state index in [1.807, 2.05) is 44.2 Å². The second kappa shape index (κ2) is 6.00. The van der Waals surface area contributed by atoms with Crippen LogP contribution in [0.4, 0.5) is 0 Å². The number of ether oxygens (including phenoxy) is 1. The summed E-state index contributed by atoms with van der Waals surface area (Å²) in [4.78, 5) is 3.36. The van der Waals surface area contributed by atoms with E-state index < -0.39 is 0 Å². The summed E-state index contributed by atoms with van der Waals surface area (Å²) < 4.78 is 5.50. The van der Waals surface area contributed by atoms with Gasteiger partial charge in [0.1, 0.15) is 0 Å². The fourth-order valence-corrected chi connectivity index (χ4v) is 1.10. The molecule has 0 aliphatic carbocycles. The third-order valence-corrected chi connectivity index (χ3v) is 2.22. The largest absolute Gasteiger partial charge is 0.374 e. The quantitative estimate of drug-likeness (QED) is 0.680. The lowest BCUT2D eigenvalue weighted by atomic mass is 10.2. The summed E-state index contributed by atoms with van der Waals surface area (Å²) in [7, 11) is 0. The first-order chi connectivity index (χ1) is 7.24. The standard InChI is InChI=1S/C13H15NO/c1-11(12(2)14-3)9-15-10-13-7-5-4-6-8-13/h4-8H,9-10H2,1-2H3/b12-11-. The van der Waals surface area contributed by atoms with E-state index in [1.165, 1.54) is 0 Å². The van der Waals surface area contributed by atoms with Crippen molar-refractivity contribution in [3.05, 3.63) is 58.6 Å². The van der Waals surface area contributed by atoms with E-state index in [9.17, 15) is 0 Å². The van der Waals surface area contributed by atoms with E-state index in [1.54, 1.807) is 0 Å². The number of rotatable bonds is 4. The molecule has 15 heavy (non-hydrogen) atoms. The molecule has 0 aromatic heterocycles. The summed E-state index contributed by atoms with van der Waals surface area (Å²) in [5.74, 6) is 0. The molecule has 0 aliphatic rings. The molecule has 0 saturated heterocycles. The van der Waals surface area contributed by atoms with Crippen LogP contribution in [0, 0.1) is 6.57 Å². The average Bonchev–Trinajstić information content (AvgIpc) is 2.29. The van der Waals surface area contributed by atoms with Crippen LogP contribution in [0.5, 0.6) is 0 Å². The number of hydrogen-bond acceptors (Lipinski definition) is 1. The molecule has 0 saturated carbocycles. The first-order valence-corrected chi connectivity index (χ1v) is 4.89. The summed E-state index contributed by atoms with van der Waals surface area (Å²) in [6.45, 7) is 11.7. The Kier molecular flexibility index (Phi) is 4.59. The van der Waals surface area contributed by atoms with Crippen LogP contribution in [0.25, 0.3) is 4.85 Å². The Morgan fingerprint density at radius 2 is 1.93 bits per heavy atom. The minimum atomic E-state index is 0.531. The first kappa shape index (κ1) is 11.5. The fraction of sp³-hybridized carbons (Fsp3) is 0.308. The van der Waals surface area contributed by atoms with E-state index in [0.29, 0.717) is 13.2 Å². The van der Waals surface area contributed by atoms with Gasteiger partial charge in [0.2, 0.25) is 0 Å². The van der Waals surface area contributed by atoms with Crippen molar-refractivity contribution in [3.63, 3.8) is 0 Å². The molecule has 0 fully saturated rings. The Bertz CT molecular complexity index is 373. The minimum Gasteiger partial charge on any atom is -0.374 e. The predicted molar refractivity (Wildman–Crippen MR) is 61.1 cm³/mol. The number of allylic oxidation sites excluding steroid dienone is 1.